The largest absolute Gasteiger partial charge is 0.399 e. The Bertz CT molecular complexity index is 547. The van der Waals surface area contributed by atoms with Crippen LogP contribution in [0.5, 0.6) is 0 Å². The van der Waals surface area contributed by atoms with Gasteiger partial charge in [-0.15, -0.1) is 0 Å². The molecule has 0 unspecified atom stereocenters. The van der Waals surface area contributed by atoms with Gasteiger partial charge in [0.2, 0.25) is 5.91 Å². The number of nitrogens with two attached hydrogens (primary N) is 1. The van der Waals surface area contributed by atoms with E-state index < -0.39 is 0 Å². The summed E-state index contributed by atoms with van der Waals surface area (Å²) in [5, 5.41) is 11.7. The van der Waals surface area contributed by atoms with Crippen molar-refractivity contribution in [2.75, 3.05) is 11.1 Å². The zero-order valence-corrected chi connectivity index (χ0v) is 10.5. The lowest BCUT2D eigenvalue weighted by molar-refractivity contribution is -0.115. The standard InChI is InChI=1S/C15H16N2O2/c16-13-5-1-11(2-6-13)9-15(19)17-14-7-3-12(10-18)4-8-14/h1-8,18H,9-10,16H2,(H,17,19). The molecule has 2 aromatic carbocycles. The number of amides is 1. The minimum Gasteiger partial charge on any atom is -0.399 e. The number of aliphatic hydroxyl groups is 1. The van der Waals surface area contributed by atoms with E-state index in [4.69, 9.17) is 10.8 Å². The molecule has 4 heteroatoms. The minimum atomic E-state index is -0.0819. The van der Waals surface area contributed by atoms with Crippen LogP contribution in [0.2, 0.25) is 0 Å². The molecule has 0 atom stereocenters. The van der Waals surface area contributed by atoms with E-state index in [2.05, 4.69) is 5.32 Å². The average Bonchev–Trinajstić information content (AvgIpc) is 2.42. The lowest BCUT2D eigenvalue weighted by Gasteiger charge is -2.06. The molecule has 0 aliphatic carbocycles. The highest BCUT2D eigenvalue weighted by Crippen LogP contribution is 2.11. The predicted octanol–water partition coefficient (Wildman–Crippen LogP) is 1.94. The van der Waals surface area contributed by atoms with Crippen LogP contribution in [0.25, 0.3) is 0 Å². The number of carbonyl (C=O) groups is 1. The Balaban J connectivity index is 1.95. The first-order valence-corrected chi connectivity index (χ1v) is 6.01. The summed E-state index contributed by atoms with van der Waals surface area (Å²) >= 11 is 0. The molecule has 4 N–H and O–H groups in total. The number of benzene rings is 2. The Hall–Kier alpha value is -2.33. The van der Waals surface area contributed by atoms with Crippen molar-refractivity contribution in [2.45, 2.75) is 13.0 Å². The Morgan fingerprint density at radius 2 is 1.58 bits per heavy atom. The topological polar surface area (TPSA) is 75.4 Å². The zero-order chi connectivity index (χ0) is 13.7. The maximum atomic E-state index is 11.8. The molecule has 19 heavy (non-hydrogen) atoms. The van der Waals surface area contributed by atoms with E-state index in [9.17, 15) is 4.79 Å². The molecule has 98 valence electrons. The summed E-state index contributed by atoms with van der Waals surface area (Å²) in [6.07, 6.45) is 0.308. The molecular weight excluding hydrogens is 240 g/mol. The number of aliphatic hydroxyl groups excluding tert-OH is 1. The van der Waals surface area contributed by atoms with Gasteiger partial charge in [-0.1, -0.05) is 24.3 Å². The molecule has 4 nitrogen and oxygen atoms in total. The molecule has 0 radical (unpaired) electrons. The van der Waals surface area contributed by atoms with E-state index in [-0.39, 0.29) is 12.5 Å². The normalized spacial score (nSPS) is 10.2. The fourth-order valence-electron chi connectivity index (χ4n) is 1.72. The fraction of sp³-hybridized carbons (Fsp3) is 0.133. The molecule has 0 aliphatic rings. The monoisotopic (exact) mass is 256 g/mol. The first-order chi connectivity index (χ1) is 9.17. The van der Waals surface area contributed by atoms with Gasteiger partial charge in [-0.3, -0.25) is 4.79 Å². The van der Waals surface area contributed by atoms with Crippen LogP contribution in [0.15, 0.2) is 48.5 Å². The van der Waals surface area contributed by atoms with Gasteiger partial charge in [0.05, 0.1) is 13.0 Å². The molecule has 2 aromatic rings. The van der Waals surface area contributed by atoms with Crippen LogP contribution in [0.4, 0.5) is 11.4 Å². The van der Waals surface area contributed by atoms with E-state index >= 15 is 0 Å². The fourth-order valence-corrected chi connectivity index (χ4v) is 1.72. The molecule has 0 aliphatic heterocycles. The van der Waals surface area contributed by atoms with Gasteiger partial charge in [0, 0.05) is 11.4 Å². The van der Waals surface area contributed by atoms with Crippen LogP contribution < -0.4 is 11.1 Å². The smallest absolute Gasteiger partial charge is 0.228 e. The van der Waals surface area contributed by atoms with Gasteiger partial charge in [-0.05, 0) is 35.4 Å². The quantitative estimate of drug-likeness (QED) is 0.732. The third-order valence-electron chi connectivity index (χ3n) is 2.76. The molecule has 0 heterocycles. The summed E-state index contributed by atoms with van der Waals surface area (Å²) in [6, 6.07) is 14.3. The van der Waals surface area contributed by atoms with Crippen molar-refractivity contribution in [3.63, 3.8) is 0 Å². The molecular formula is C15H16N2O2. The SMILES string of the molecule is Nc1ccc(CC(=O)Nc2ccc(CO)cc2)cc1. The van der Waals surface area contributed by atoms with Crippen LogP contribution in [0, 0.1) is 0 Å². The molecule has 0 saturated carbocycles. The molecule has 0 fully saturated rings. The lowest BCUT2D eigenvalue weighted by atomic mass is 10.1. The number of anilines is 2. The van der Waals surface area contributed by atoms with Gasteiger partial charge < -0.3 is 16.2 Å². The number of nitrogen functional groups attached to an aromatic ring is 1. The first-order valence-electron chi connectivity index (χ1n) is 6.01. The van der Waals surface area contributed by atoms with Crippen molar-refractivity contribution in [3.8, 4) is 0 Å². The van der Waals surface area contributed by atoms with Gasteiger partial charge in [-0.25, -0.2) is 0 Å². The van der Waals surface area contributed by atoms with Crippen LogP contribution in [0.3, 0.4) is 0 Å². The number of rotatable bonds is 4. The Morgan fingerprint density at radius 1 is 1.00 bits per heavy atom. The second-order valence-corrected chi connectivity index (χ2v) is 4.32. The summed E-state index contributed by atoms with van der Waals surface area (Å²) in [7, 11) is 0. The molecule has 0 spiro atoms. The highest BCUT2D eigenvalue weighted by Gasteiger charge is 2.04. The predicted molar refractivity (Wildman–Crippen MR) is 75.6 cm³/mol. The third-order valence-corrected chi connectivity index (χ3v) is 2.76. The lowest BCUT2D eigenvalue weighted by Crippen LogP contribution is -2.14. The maximum Gasteiger partial charge on any atom is 0.228 e. The molecule has 2 rings (SSSR count). The summed E-state index contributed by atoms with van der Waals surface area (Å²) in [5.41, 5.74) is 8.72. The van der Waals surface area contributed by atoms with Crippen molar-refractivity contribution < 1.29 is 9.90 Å². The van der Waals surface area contributed by atoms with Crippen molar-refractivity contribution in [1.29, 1.82) is 0 Å². The van der Waals surface area contributed by atoms with E-state index in [0.29, 0.717) is 12.1 Å². The first kappa shape index (κ1) is 13.1. The van der Waals surface area contributed by atoms with Crippen LogP contribution in [0.1, 0.15) is 11.1 Å². The maximum absolute atomic E-state index is 11.8. The summed E-state index contributed by atoms with van der Waals surface area (Å²) in [5.74, 6) is -0.0819. The number of hydrogen-bond donors (Lipinski definition) is 3. The van der Waals surface area contributed by atoms with Crippen molar-refractivity contribution >= 4 is 17.3 Å². The highest BCUT2D eigenvalue weighted by atomic mass is 16.3. The van der Waals surface area contributed by atoms with Crippen LogP contribution in [-0.4, -0.2) is 11.0 Å². The number of nitrogens with one attached hydrogen (secondary N) is 1. The summed E-state index contributed by atoms with van der Waals surface area (Å²) < 4.78 is 0. The second-order valence-electron chi connectivity index (χ2n) is 4.32. The minimum absolute atomic E-state index is 0.000333. The second kappa shape index (κ2) is 6.02. The molecule has 1 amide bonds. The van der Waals surface area contributed by atoms with E-state index in [1.54, 1.807) is 36.4 Å². The van der Waals surface area contributed by atoms with Crippen LogP contribution in [-0.2, 0) is 17.8 Å². The Morgan fingerprint density at radius 3 is 2.16 bits per heavy atom. The van der Waals surface area contributed by atoms with E-state index in [1.807, 2.05) is 12.1 Å². The average molecular weight is 256 g/mol. The van der Waals surface area contributed by atoms with Gasteiger partial charge >= 0.3 is 0 Å². The van der Waals surface area contributed by atoms with Crippen LogP contribution >= 0.6 is 0 Å². The summed E-state index contributed by atoms with van der Waals surface area (Å²) in [4.78, 5) is 11.8. The van der Waals surface area contributed by atoms with Gasteiger partial charge in [0.15, 0.2) is 0 Å². The highest BCUT2D eigenvalue weighted by molar-refractivity contribution is 5.92. The number of hydrogen-bond acceptors (Lipinski definition) is 3. The molecule has 0 aromatic heterocycles. The zero-order valence-electron chi connectivity index (χ0n) is 10.5. The number of carbonyl (C=O) groups excluding carboxylic acids is 1. The van der Waals surface area contributed by atoms with Gasteiger partial charge in [0.25, 0.3) is 0 Å². The molecule has 0 bridgehead atoms. The van der Waals surface area contributed by atoms with Crippen molar-refractivity contribution in [3.05, 3.63) is 59.7 Å². The van der Waals surface area contributed by atoms with Gasteiger partial charge in [-0.2, -0.15) is 0 Å². The van der Waals surface area contributed by atoms with Crippen molar-refractivity contribution in [1.82, 2.24) is 0 Å². The van der Waals surface area contributed by atoms with Crippen molar-refractivity contribution in [2.24, 2.45) is 0 Å². The molecule has 0 saturated heterocycles. The van der Waals surface area contributed by atoms with Gasteiger partial charge in [0.1, 0.15) is 0 Å². The summed E-state index contributed by atoms with van der Waals surface area (Å²) in [6.45, 7) is -0.000333. The van der Waals surface area contributed by atoms with E-state index in [0.717, 1.165) is 16.8 Å². The Kier molecular flexibility index (Phi) is 4.15. The van der Waals surface area contributed by atoms with E-state index in [1.165, 1.54) is 0 Å². The Labute approximate surface area is 111 Å². The third kappa shape index (κ3) is 3.82.